The van der Waals surface area contributed by atoms with E-state index in [0.717, 1.165) is 12.2 Å². The van der Waals surface area contributed by atoms with Crippen molar-refractivity contribution in [3.63, 3.8) is 0 Å². The zero-order valence-electron chi connectivity index (χ0n) is 10.6. The predicted octanol–water partition coefficient (Wildman–Crippen LogP) is 2.90. The summed E-state index contributed by atoms with van der Waals surface area (Å²) in [5, 5.41) is 3.47. The molecule has 2 rings (SSSR count). The highest BCUT2D eigenvalue weighted by atomic mass is 32.2. The highest BCUT2D eigenvalue weighted by Gasteiger charge is 2.17. The van der Waals surface area contributed by atoms with Crippen LogP contribution in [0.3, 0.4) is 0 Å². The maximum atomic E-state index is 4.42. The van der Waals surface area contributed by atoms with Gasteiger partial charge >= 0.3 is 0 Å². The molecule has 0 radical (unpaired) electrons. The summed E-state index contributed by atoms with van der Waals surface area (Å²) in [4.78, 5) is 9.85. The van der Waals surface area contributed by atoms with Crippen LogP contribution in [0.25, 0.3) is 0 Å². The van der Waals surface area contributed by atoms with Crippen LogP contribution in [0.15, 0.2) is 47.8 Å². The quantitative estimate of drug-likeness (QED) is 0.838. The van der Waals surface area contributed by atoms with Crippen LogP contribution in [0.1, 0.15) is 24.2 Å². The Labute approximate surface area is 112 Å². The second-order valence-electron chi connectivity index (χ2n) is 3.86. The van der Waals surface area contributed by atoms with Gasteiger partial charge in [-0.1, -0.05) is 25.1 Å². The first kappa shape index (κ1) is 13.1. The molecule has 1 N–H and O–H groups in total. The van der Waals surface area contributed by atoms with Gasteiger partial charge in [0.25, 0.3) is 0 Å². The summed E-state index contributed by atoms with van der Waals surface area (Å²) < 4.78 is 0. The fourth-order valence-corrected chi connectivity index (χ4v) is 2.58. The Hall–Kier alpha value is -1.39. The van der Waals surface area contributed by atoms with Gasteiger partial charge in [0.15, 0.2) is 0 Å². The average molecular weight is 259 g/mol. The lowest BCUT2D eigenvalue weighted by Crippen LogP contribution is -2.23. The van der Waals surface area contributed by atoms with E-state index in [0.29, 0.717) is 0 Å². The van der Waals surface area contributed by atoms with E-state index in [1.807, 2.05) is 6.20 Å². The minimum atomic E-state index is 0.104. The number of hydrogen-bond donors (Lipinski definition) is 1. The van der Waals surface area contributed by atoms with E-state index in [2.05, 4.69) is 52.7 Å². The van der Waals surface area contributed by atoms with E-state index in [1.54, 1.807) is 24.2 Å². The van der Waals surface area contributed by atoms with Crippen molar-refractivity contribution in [2.75, 3.05) is 12.8 Å². The molecule has 1 heterocycles. The first-order chi connectivity index (χ1) is 8.86. The van der Waals surface area contributed by atoms with E-state index < -0.39 is 0 Å². The first-order valence-electron chi connectivity index (χ1n) is 5.99. The van der Waals surface area contributed by atoms with Gasteiger partial charge in [0.05, 0.1) is 17.9 Å². The van der Waals surface area contributed by atoms with Crippen molar-refractivity contribution in [3.05, 3.63) is 54.1 Å². The van der Waals surface area contributed by atoms with Crippen molar-refractivity contribution < 1.29 is 0 Å². The third-order valence-electron chi connectivity index (χ3n) is 2.74. The standard InChI is InChI=1S/C14H17N3S/c1-3-16-14(12-10-15-8-9-17-12)11-6-4-5-7-13(11)18-2/h4-10,14,16H,3H2,1-2H3. The lowest BCUT2D eigenvalue weighted by atomic mass is 10.0. The minimum Gasteiger partial charge on any atom is -0.305 e. The van der Waals surface area contributed by atoms with E-state index in [1.165, 1.54) is 10.5 Å². The highest BCUT2D eigenvalue weighted by molar-refractivity contribution is 7.98. The predicted molar refractivity (Wildman–Crippen MR) is 75.8 cm³/mol. The molecular weight excluding hydrogens is 242 g/mol. The molecule has 0 amide bonds. The van der Waals surface area contributed by atoms with Crippen LogP contribution < -0.4 is 5.32 Å². The van der Waals surface area contributed by atoms with Gasteiger partial charge in [-0.3, -0.25) is 9.97 Å². The smallest absolute Gasteiger partial charge is 0.0801 e. The van der Waals surface area contributed by atoms with Gasteiger partial charge < -0.3 is 5.32 Å². The van der Waals surface area contributed by atoms with E-state index in [-0.39, 0.29) is 6.04 Å². The van der Waals surface area contributed by atoms with Gasteiger partial charge in [-0.15, -0.1) is 11.8 Å². The number of benzene rings is 1. The maximum Gasteiger partial charge on any atom is 0.0801 e. The summed E-state index contributed by atoms with van der Waals surface area (Å²) >= 11 is 1.76. The number of nitrogens with zero attached hydrogens (tertiary/aromatic N) is 2. The Balaban J connectivity index is 2.41. The summed E-state index contributed by atoms with van der Waals surface area (Å²) in [7, 11) is 0. The number of hydrogen-bond acceptors (Lipinski definition) is 4. The number of rotatable bonds is 5. The summed E-state index contributed by atoms with van der Waals surface area (Å²) in [6.07, 6.45) is 7.36. The molecule has 0 saturated heterocycles. The largest absolute Gasteiger partial charge is 0.305 e. The summed E-state index contributed by atoms with van der Waals surface area (Å²) in [6.45, 7) is 3.00. The molecule has 1 aromatic heterocycles. The van der Waals surface area contributed by atoms with Gasteiger partial charge in [0.2, 0.25) is 0 Å². The molecule has 0 bridgehead atoms. The molecule has 3 nitrogen and oxygen atoms in total. The molecule has 94 valence electrons. The van der Waals surface area contributed by atoms with Crippen molar-refractivity contribution in [1.82, 2.24) is 15.3 Å². The van der Waals surface area contributed by atoms with Gasteiger partial charge in [-0.05, 0) is 24.4 Å². The highest BCUT2D eigenvalue weighted by Crippen LogP contribution is 2.28. The van der Waals surface area contributed by atoms with Gasteiger partial charge in [-0.2, -0.15) is 0 Å². The Morgan fingerprint density at radius 1 is 1.28 bits per heavy atom. The third kappa shape index (κ3) is 2.89. The summed E-state index contributed by atoms with van der Waals surface area (Å²) in [5.41, 5.74) is 2.22. The lowest BCUT2D eigenvalue weighted by Gasteiger charge is -2.19. The zero-order valence-corrected chi connectivity index (χ0v) is 11.4. The topological polar surface area (TPSA) is 37.8 Å². The second-order valence-corrected chi connectivity index (χ2v) is 4.71. The monoisotopic (exact) mass is 259 g/mol. The van der Waals surface area contributed by atoms with Crippen molar-refractivity contribution in [2.24, 2.45) is 0 Å². The van der Waals surface area contributed by atoms with Crippen LogP contribution in [0.2, 0.25) is 0 Å². The first-order valence-corrected chi connectivity index (χ1v) is 7.21. The van der Waals surface area contributed by atoms with Crippen molar-refractivity contribution >= 4 is 11.8 Å². The Morgan fingerprint density at radius 3 is 2.78 bits per heavy atom. The Bertz CT molecular complexity index is 487. The van der Waals surface area contributed by atoms with Crippen LogP contribution in [-0.2, 0) is 0 Å². The lowest BCUT2D eigenvalue weighted by molar-refractivity contribution is 0.605. The molecule has 1 atom stereocenters. The van der Waals surface area contributed by atoms with Crippen LogP contribution in [0.4, 0.5) is 0 Å². The SMILES string of the molecule is CCNC(c1cnccn1)c1ccccc1SC. The fraction of sp³-hybridized carbons (Fsp3) is 0.286. The van der Waals surface area contributed by atoms with Crippen molar-refractivity contribution in [1.29, 1.82) is 0 Å². The van der Waals surface area contributed by atoms with Crippen LogP contribution in [0.5, 0.6) is 0 Å². The zero-order chi connectivity index (χ0) is 12.8. The molecule has 1 unspecified atom stereocenters. The molecule has 0 spiro atoms. The number of thioether (sulfide) groups is 1. The average Bonchev–Trinajstić information content (AvgIpc) is 2.46. The van der Waals surface area contributed by atoms with Gasteiger partial charge in [0.1, 0.15) is 0 Å². The molecule has 0 fully saturated rings. The Kier molecular flexibility index (Phi) is 4.73. The molecule has 0 saturated carbocycles. The van der Waals surface area contributed by atoms with Gasteiger partial charge in [0, 0.05) is 17.3 Å². The molecule has 0 aliphatic rings. The van der Waals surface area contributed by atoms with Gasteiger partial charge in [-0.25, -0.2) is 0 Å². The molecule has 2 aromatic rings. The van der Waals surface area contributed by atoms with E-state index in [9.17, 15) is 0 Å². The number of nitrogens with one attached hydrogen (secondary N) is 1. The van der Waals surface area contributed by atoms with Crippen LogP contribution in [0, 0.1) is 0 Å². The molecule has 0 aliphatic heterocycles. The maximum absolute atomic E-state index is 4.42. The van der Waals surface area contributed by atoms with Crippen molar-refractivity contribution in [3.8, 4) is 0 Å². The second kappa shape index (κ2) is 6.52. The minimum absolute atomic E-state index is 0.104. The molecule has 1 aromatic carbocycles. The van der Waals surface area contributed by atoms with Crippen molar-refractivity contribution in [2.45, 2.75) is 17.9 Å². The Morgan fingerprint density at radius 2 is 2.11 bits per heavy atom. The summed E-state index contributed by atoms with van der Waals surface area (Å²) in [6, 6.07) is 8.52. The molecular formula is C14H17N3S. The van der Waals surface area contributed by atoms with E-state index in [4.69, 9.17) is 0 Å². The molecule has 0 aliphatic carbocycles. The van der Waals surface area contributed by atoms with E-state index >= 15 is 0 Å². The number of aromatic nitrogens is 2. The third-order valence-corrected chi connectivity index (χ3v) is 3.55. The normalized spacial score (nSPS) is 12.3. The summed E-state index contributed by atoms with van der Waals surface area (Å²) in [5.74, 6) is 0. The fourth-order valence-electron chi connectivity index (χ4n) is 1.94. The molecule has 4 heteroatoms. The van der Waals surface area contributed by atoms with Crippen LogP contribution in [-0.4, -0.2) is 22.8 Å². The van der Waals surface area contributed by atoms with Crippen LogP contribution >= 0.6 is 11.8 Å². The molecule has 18 heavy (non-hydrogen) atoms.